The van der Waals surface area contributed by atoms with Gasteiger partial charge in [0.1, 0.15) is 0 Å². The van der Waals surface area contributed by atoms with Crippen molar-refractivity contribution in [1.29, 1.82) is 0 Å². The van der Waals surface area contributed by atoms with Gasteiger partial charge < -0.3 is 19.1 Å². The average Bonchev–Trinajstić information content (AvgIpc) is 3.32. The molecule has 0 aromatic carbocycles. The van der Waals surface area contributed by atoms with Crippen LogP contribution in [0.25, 0.3) is 0 Å². The molecular weight excluding hydrogens is 318 g/mol. The highest BCUT2D eigenvalue weighted by atomic mass is 16.6. The molecule has 0 bridgehead atoms. The number of carbonyl (C=O) groups is 1. The quantitative estimate of drug-likeness (QED) is 0.732. The van der Waals surface area contributed by atoms with Gasteiger partial charge in [0.2, 0.25) is 5.91 Å². The number of rotatable bonds is 4. The summed E-state index contributed by atoms with van der Waals surface area (Å²) in [5.41, 5.74) is -0.0505. The number of piperidine rings is 1. The highest BCUT2D eigenvalue weighted by Crippen LogP contribution is 2.38. The predicted octanol–water partition coefficient (Wildman–Crippen LogP) is 2.55. The van der Waals surface area contributed by atoms with E-state index >= 15 is 0 Å². The van der Waals surface area contributed by atoms with Crippen molar-refractivity contribution in [1.82, 2.24) is 4.90 Å². The van der Waals surface area contributed by atoms with E-state index in [1.54, 1.807) is 0 Å². The van der Waals surface area contributed by atoms with Gasteiger partial charge in [-0.05, 0) is 44.4 Å². The van der Waals surface area contributed by atoms with E-state index in [2.05, 4.69) is 17.1 Å². The van der Waals surface area contributed by atoms with E-state index < -0.39 is 0 Å². The lowest BCUT2D eigenvalue weighted by Crippen LogP contribution is -2.48. The lowest BCUT2D eigenvalue weighted by molar-refractivity contribution is -0.139. The first-order chi connectivity index (χ1) is 12.2. The summed E-state index contributed by atoms with van der Waals surface area (Å²) in [6, 6.07) is 0. The molecule has 1 aliphatic carbocycles. The average molecular weight is 349 g/mol. The van der Waals surface area contributed by atoms with Gasteiger partial charge in [-0.25, -0.2) is 0 Å². The number of nitrogens with zero attached hydrogens (tertiary/aromatic N) is 1. The highest BCUT2D eigenvalue weighted by Gasteiger charge is 2.44. The van der Waals surface area contributed by atoms with Crippen LogP contribution in [0.15, 0.2) is 12.2 Å². The molecule has 5 nitrogen and oxygen atoms in total. The Bertz CT molecular complexity index is 484. The fourth-order valence-corrected chi connectivity index (χ4v) is 4.65. The maximum absolute atomic E-state index is 12.6. The van der Waals surface area contributed by atoms with Crippen molar-refractivity contribution in [3.8, 4) is 0 Å². The van der Waals surface area contributed by atoms with E-state index in [0.717, 1.165) is 77.9 Å². The van der Waals surface area contributed by atoms with Crippen molar-refractivity contribution in [3.63, 3.8) is 0 Å². The summed E-state index contributed by atoms with van der Waals surface area (Å²) in [6.07, 6.45) is 11.5. The Balaban J connectivity index is 1.21. The number of allylic oxidation sites excluding steroid dienone is 2. The first-order valence-corrected chi connectivity index (χ1v) is 10.0. The molecule has 3 saturated heterocycles. The SMILES string of the molecule is O=C(C1CC=CC1)N1CCC2(CC1)C[C@@H](OCC1CCOCC1)CO2. The zero-order chi connectivity index (χ0) is 17.1. The minimum Gasteiger partial charge on any atom is -0.381 e. The van der Waals surface area contributed by atoms with Gasteiger partial charge in [-0.2, -0.15) is 0 Å². The van der Waals surface area contributed by atoms with Gasteiger partial charge in [0, 0.05) is 38.6 Å². The van der Waals surface area contributed by atoms with Crippen molar-refractivity contribution >= 4 is 5.91 Å². The van der Waals surface area contributed by atoms with E-state index in [9.17, 15) is 4.79 Å². The van der Waals surface area contributed by atoms with Crippen LogP contribution in [-0.2, 0) is 19.0 Å². The summed E-state index contributed by atoms with van der Waals surface area (Å²) >= 11 is 0. The minimum atomic E-state index is -0.0505. The molecule has 3 fully saturated rings. The summed E-state index contributed by atoms with van der Waals surface area (Å²) in [4.78, 5) is 14.6. The molecule has 1 atom stereocenters. The third kappa shape index (κ3) is 4.09. The topological polar surface area (TPSA) is 48.0 Å². The van der Waals surface area contributed by atoms with Gasteiger partial charge in [0.05, 0.1) is 24.9 Å². The van der Waals surface area contributed by atoms with Crippen LogP contribution in [0.2, 0.25) is 0 Å². The van der Waals surface area contributed by atoms with Crippen LogP contribution >= 0.6 is 0 Å². The first kappa shape index (κ1) is 17.5. The number of ether oxygens (including phenoxy) is 3. The fourth-order valence-electron chi connectivity index (χ4n) is 4.65. The Morgan fingerprint density at radius 2 is 1.88 bits per heavy atom. The summed E-state index contributed by atoms with van der Waals surface area (Å²) in [5, 5.41) is 0. The van der Waals surface area contributed by atoms with Crippen LogP contribution in [0.1, 0.15) is 44.9 Å². The van der Waals surface area contributed by atoms with Crippen molar-refractivity contribution in [3.05, 3.63) is 12.2 Å². The number of hydrogen-bond donors (Lipinski definition) is 0. The molecule has 0 N–H and O–H groups in total. The standard InChI is InChI=1S/C20H31NO4/c22-19(17-3-1-2-4-17)21-9-7-20(8-10-21)13-18(15-25-20)24-14-16-5-11-23-12-6-16/h1-2,16-18H,3-15H2/t18-/m1/s1. The normalized spacial score (nSPS) is 30.4. The van der Waals surface area contributed by atoms with E-state index in [1.165, 1.54) is 0 Å². The van der Waals surface area contributed by atoms with Crippen LogP contribution in [-0.4, -0.2) is 62.0 Å². The summed E-state index contributed by atoms with van der Waals surface area (Å²) in [5.74, 6) is 1.17. The lowest BCUT2D eigenvalue weighted by atomic mass is 9.87. The Morgan fingerprint density at radius 3 is 2.60 bits per heavy atom. The molecule has 0 aromatic rings. The van der Waals surface area contributed by atoms with Crippen LogP contribution < -0.4 is 0 Å². The third-order valence-electron chi connectivity index (χ3n) is 6.43. The van der Waals surface area contributed by atoms with Gasteiger partial charge in [-0.15, -0.1) is 0 Å². The maximum Gasteiger partial charge on any atom is 0.226 e. The molecule has 0 unspecified atom stereocenters. The predicted molar refractivity (Wildman–Crippen MR) is 94.3 cm³/mol. The molecule has 4 rings (SSSR count). The lowest BCUT2D eigenvalue weighted by Gasteiger charge is -2.39. The monoisotopic (exact) mass is 349 g/mol. The summed E-state index contributed by atoms with van der Waals surface area (Å²) < 4.78 is 17.8. The largest absolute Gasteiger partial charge is 0.381 e. The van der Waals surface area contributed by atoms with Gasteiger partial charge in [-0.1, -0.05) is 12.2 Å². The molecule has 0 aromatic heterocycles. The molecule has 3 aliphatic heterocycles. The van der Waals surface area contributed by atoms with E-state index in [0.29, 0.717) is 18.4 Å². The van der Waals surface area contributed by atoms with Crippen molar-refractivity contribution in [2.45, 2.75) is 56.7 Å². The van der Waals surface area contributed by atoms with Gasteiger partial charge in [0.25, 0.3) is 0 Å². The second-order valence-electron chi connectivity index (χ2n) is 8.17. The second-order valence-corrected chi connectivity index (χ2v) is 8.17. The fraction of sp³-hybridized carbons (Fsp3) is 0.850. The van der Waals surface area contributed by atoms with Crippen molar-refractivity contribution < 1.29 is 19.0 Å². The molecule has 5 heteroatoms. The Kier molecular flexibility index (Phi) is 5.44. The molecule has 25 heavy (non-hydrogen) atoms. The van der Waals surface area contributed by atoms with Gasteiger partial charge in [-0.3, -0.25) is 4.79 Å². The minimum absolute atomic E-state index is 0.0505. The first-order valence-electron chi connectivity index (χ1n) is 10.0. The summed E-state index contributed by atoms with van der Waals surface area (Å²) in [6.45, 7) is 4.97. The van der Waals surface area contributed by atoms with E-state index in [1.807, 2.05) is 0 Å². The second kappa shape index (κ2) is 7.77. The van der Waals surface area contributed by atoms with Gasteiger partial charge >= 0.3 is 0 Å². The molecular formula is C20H31NO4. The molecule has 1 spiro atoms. The van der Waals surface area contributed by atoms with Crippen LogP contribution in [0, 0.1) is 11.8 Å². The van der Waals surface area contributed by atoms with Crippen molar-refractivity contribution in [2.75, 3.05) is 39.5 Å². The zero-order valence-corrected chi connectivity index (χ0v) is 15.2. The number of likely N-dealkylation sites (tertiary alicyclic amines) is 1. The van der Waals surface area contributed by atoms with Crippen LogP contribution in [0.4, 0.5) is 0 Å². The summed E-state index contributed by atoms with van der Waals surface area (Å²) in [7, 11) is 0. The molecule has 4 aliphatic rings. The maximum atomic E-state index is 12.6. The number of amides is 1. The molecule has 1 amide bonds. The third-order valence-corrected chi connectivity index (χ3v) is 6.43. The molecule has 3 heterocycles. The van der Waals surface area contributed by atoms with Crippen LogP contribution in [0.3, 0.4) is 0 Å². The zero-order valence-electron chi connectivity index (χ0n) is 15.2. The Labute approximate surface area is 150 Å². The smallest absolute Gasteiger partial charge is 0.226 e. The molecule has 140 valence electrons. The molecule has 0 radical (unpaired) electrons. The van der Waals surface area contributed by atoms with Gasteiger partial charge in [0.15, 0.2) is 0 Å². The van der Waals surface area contributed by atoms with Crippen molar-refractivity contribution in [2.24, 2.45) is 11.8 Å². The van der Waals surface area contributed by atoms with E-state index in [4.69, 9.17) is 14.2 Å². The number of carbonyl (C=O) groups excluding carboxylic acids is 1. The Morgan fingerprint density at radius 1 is 1.16 bits per heavy atom. The van der Waals surface area contributed by atoms with E-state index in [-0.39, 0.29) is 17.6 Å². The molecule has 0 saturated carbocycles. The highest BCUT2D eigenvalue weighted by molar-refractivity contribution is 5.79. The Hall–Kier alpha value is -0.910. The number of hydrogen-bond acceptors (Lipinski definition) is 4. The van der Waals surface area contributed by atoms with Crippen LogP contribution in [0.5, 0.6) is 0 Å².